The Labute approximate surface area is 111 Å². The first-order valence-corrected chi connectivity index (χ1v) is 5.96. The second-order valence-electron chi connectivity index (χ2n) is 4.59. The molecule has 1 N–H and O–H groups in total. The zero-order valence-corrected chi connectivity index (χ0v) is 11.0. The quantitative estimate of drug-likeness (QED) is 0.845. The van der Waals surface area contributed by atoms with Gasteiger partial charge in [-0.05, 0) is 19.1 Å². The molecule has 2 amide bonds. The first-order valence-electron chi connectivity index (χ1n) is 5.96. The van der Waals surface area contributed by atoms with Crippen molar-refractivity contribution in [1.82, 2.24) is 0 Å². The van der Waals surface area contributed by atoms with Crippen LogP contribution in [0.15, 0.2) is 30.4 Å². The molecular formula is C14H16N2O3. The van der Waals surface area contributed by atoms with Gasteiger partial charge in [-0.1, -0.05) is 12.2 Å². The van der Waals surface area contributed by atoms with E-state index in [0.29, 0.717) is 23.7 Å². The zero-order chi connectivity index (χ0) is 14.0. The molecule has 1 aliphatic heterocycles. The van der Waals surface area contributed by atoms with E-state index in [1.165, 1.54) is 6.92 Å². The Hall–Kier alpha value is -2.30. The maximum absolute atomic E-state index is 11.8. The number of fused-ring (bicyclic) bond motifs is 1. The maximum Gasteiger partial charge on any atom is 0.265 e. The van der Waals surface area contributed by atoms with Gasteiger partial charge in [0, 0.05) is 25.2 Å². The summed E-state index contributed by atoms with van der Waals surface area (Å²) in [5, 5.41) is 2.68. The van der Waals surface area contributed by atoms with Crippen LogP contribution in [0.25, 0.3) is 0 Å². The van der Waals surface area contributed by atoms with Crippen LogP contribution in [0.3, 0.4) is 0 Å². The second-order valence-corrected chi connectivity index (χ2v) is 4.59. The third-order valence-electron chi connectivity index (χ3n) is 2.65. The van der Waals surface area contributed by atoms with Gasteiger partial charge >= 0.3 is 0 Å². The first-order chi connectivity index (χ1) is 8.97. The lowest BCUT2D eigenvalue weighted by molar-refractivity contribution is -0.121. The molecule has 19 heavy (non-hydrogen) atoms. The first kappa shape index (κ1) is 13.1. The lowest BCUT2D eigenvalue weighted by Gasteiger charge is -2.29. The van der Waals surface area contributed by atoms with E-state index in [0.717, 1.165) is 5.57 Å². The predicted molar refractivity (Wildman–Crippen MR) is 73.4 cm³/mol. The van der Waals surface area contributed by atoms with Gasteiger partial charge < -0.3 is 15.0 Å². The van der Waals surface area contributed by atoms with Crippen LogP contribution in [0.2, 0.25) is 0 Å². The summed E-state index contributed by atoms with van der Waals surface area (Å²) in [6, 6.07) is 5.23. The highest BCUT2D eigenvalue weighted by atomic mass is 16.5. The molecule has 0 atom stereocenters. The van der Waals surface area contributed by atoms with Crippen molar-refractivity contribution >= 4 is 23.2 Å². The number of nitrogens with zero attached hydrogens (tertiary/aromatic N) is 1. The highest BCUT2D eigenvalue weighted by molar-refractivity contribution is 5.99. The molecule has 0 saturated carbocycles. The molecule has 5 nitrogen and oxygen atoms in total. The topological polar surface area (TPSA) is 58.6 Å². The standard InChI is InChI=1S/C14H16N2O3/c1-9(2)7-16-12-5-4-11(15-10(3)17)6-13(12)19-8-14(16)18/h4-6H,1,7-8H2,2-3H3,(H,15,17). The Morgan fingerprint density at radius 3 is 2.84 bits per heavy atom. The van der Waals surface area contributed by atoms with Crippen molar-refractivity contribution in [2.45, 2.75) is 13.8 Å². The molecule has 1 aliphatic rings. The fourth-order valence-electron chi connectivity index (χ4n) is 1.93. The van der Waals surface area contributed by atoms with Crippen LogP contribution in [0.1, 0.15) is 13.8 Å². The minimum absolute atomic E-state index is 0.00377. The highest BCUT2D eigenvalue weighted by Crippen LogP contribution is 2.34. The summed E-state index contributed by atoms with van der Waals surface area (Å²) in [6.07, 6.45) is 0. The molecule has 0 unspecified atom stereocenters. The number of benzene rings is 1. The molecule has 100 valence electrons. The van der Waals surface area contributed by atoms with E-state index in [1.54, 1.807) is 23.1 Å². The van der Waals surface area contributed by atoms with Crippen LogP contribution in [0.4, 0.5) is 11.4 Å². The second kappa shape index (κ2) is 5.14. The van der Waals surface area contributed by atoms with Crippen LogP contribution in [0.5, 0.6) is 5.75 Å². The average molecular weight is 260 g/mol. The van der Waals surface area contributed by atoms with Gasteiger partial charge in [0.2, 0.25) is 5.91 Å². The normalized spacial score (nSPS) is 13.6. The number of hydrogen-bond donors (Lipinski definition) is 1. The van der Waals surface area contributed by atoms with E-state index in [1.807, 2.05) is 6.92 Å². The average Bonchev–Trinajstić information content (AvgIpc) is 2.31. The molecule has 0 aliphatic carbocycles. The monoisotopic (exact) mass is 260 g/mol. The number of carbonyl (C=O) groups excluding carboxylic acids is 2. The van der Waals surface area contributed by atoms with Gasteiger partial charge in [-0.25, -0.2) is 0 Å². The van der Waals surface area contributed by atoms with E-state index in [2.05, 4.69) is 11.9 Å². The van der Waals surface area contributed by atoms with Crippen LogP contribution >= 0.6 is 0 Å². The summed E-state index contributed by atoms with van der Waals surface area (Å²) in [5.74, 6) is 0.348. The molecular weight excluding hydrogens is 244 g/mol. The zero-order valence-electron chi connectivity index (χ0n) is 11.0. The summed E-state index contributed by atoms with van der Waals surface area (Å²) in [5.41, 5.74) is 2.25. The van der Waals surface area contributed by atoms with Crippen molar-refractivity contribution in [3.05, 3.63) is 30.4 Å². The van der Waals surface area contributed by atoms with Crippen LogP contribution in [0, 0.1) is 0 Å². The molecule has 1 aromatic carbocycles. The Bertz CT molecular complexity index is 552. The fraction of sp³-hybridized carbons (Fsp3) is 0.286. The number of nitrogens with one attached hydrogen (secondary N) is 1. The summed E-state index contributed by atoms with van der Waals surface area (Å²) in [4.78, 5) is 24.5. The van der Waals surface area contributed by atoms with Crippen molar-refractivity contribution in [1.29, 1.82) is 0 Å². The smallest absolute Gasteiger partial charge is 0.265 e. The van der Waals surface area contributed by atoms with Gasteiger partial charge in [0.1, 0.15) is 5.75 Å². The van der Waals surface area contributed by atoms with Crippen molar-refractivity contribution in [2.24, 2.45) is 0 Å². The maximum atomic E-state index is 11.8. The van der Waals surface area contributed by atoms with E-state index < -0.39 is 0 Å². The lowest BCUT2D eigenvalue weighted by atomic mass is 10.2. The Balaban J connectivity index is 2.32. The number of ether oxygens (including phenoxy) is 1. The third kappa shape index (κ3) is 2.93. The summed E-state index contributed by atoms with van der Waals surface area (Å²) < 4.78 is 5.40. The van der Waals surface area contributed by atoms with Gasteiger partial charge in [-0.15, -0.1) is 0 Å². The van der Waals surface area contributed by atoms with E-state index >= 15 is 0 Å². The number of carbonyl (C=O) groups is 2. The van der Waals surface area contributed by atoms with Gasteiger partial charge in [0.15, 0.2) is 6.61 Å². The van der Waals surface area contributed by atoms with Crippen molar-refractivity contribution in [3.8, 4) is 5.75 Å². The SMILES string of the molecule is C=C(C)CN1C(=O)COc2cc(NC(C)=O)ccc21. The van der Waals surface area contributed by atoms with E-state index in [-0.39, 0.29) is 18.4 Å². The number of anilines is 2. The summed E-state index contributed by atoms with van der Waals surface area (Å²) in [6.45, 7) is 7.60. The Morgan fingerprint density at radius 2 is 2.21 bits per heavy atom. The Morgan fingerprint density at radius 1 is 1.47 bits per heavy atom. The molecule has 0 spiro atoms. The van der Waals surface area contributed by atoms with E-state index in [4.69, 9.17) is 4.74 Å². The molecule has 1 heterocycles. The summed E-state index contributed by atoms with van der Waals surface area (Å²) >= 11 is 0. The molecule has 0 aromatic heterocycles. The van der Waals surface area contributed by atoms with Gasteiger partial charge in [0.05, 0.1) is 5.69 Å². The van der Waals surface area contributed by atoms with Crippen LogP contribution in [-0.4, -0.2) is 25.0 Å². The van der Waals surface area contributed by atoms with Crippen molar-refractivity contribution in [3.63, 3.8) is 0 Å². The minimum atomic E-state index is -0.148. The van der Waals surface area contributed by atoms with Gasteiger partial charge in [0.25, 0.3) is 5.91 Å². The minimum Gasteiger partial charge on any atom is -0.481 e. The fourth-order valence-corrected chi connectivity index (χ4v) is 1.93. The number of rotatable bonds is 3. The lowest BCUT2D eigenvalue weighted by Crippen LogP contribution is -2.39. The molecule has 2 rings (SSSR count). The van der Waals surface area contributed by atoms with Crippen LogP contribution in [-0.2, 0) is 9.59 Å². The largest absolute Gasteiger partial charge is 0.481 e. The van der Waals surface area contributed by atoms with Crippen molar-refractivity contribution in [2.75, 3.05) is 23.4 Å². The predicted octanol–water partition coefficient (Wildman–Crippen LogP) is 1.95. The summed E-state index contributed by atoms with van der Waals surface area (Å²) in [7, 11) is 0. The molecule has 1 aromatic rings. The molecule has 0 radical (unpaired) electrons. The van der Waals surface area contributed by atoms with Gasteiger partial charge in [-0.3, -0.25) is 9.59 Å². The molecule has 0 saturated heterocycles. The molecule has 5 heteroatoms. The number of hydrogen-bond acceptors (Lipinski definition) is 3. The third-order valence-corrected chi connectivity index (χ3v) is 2.65. The number of amides is 2. The molecule has 0 fully saturated rings. The van der Waals surface area contributed by atoms with Crippen molar-refractivity contribution < 1.29 is 14.3 Å². The van der Waals surface area contributed by atoms with Gasteiger partial charge in [-0.2, -0.15) is 0 Å². The highest BCUT2D eigenvalue weighted by Gasteiger charge is 2.25. The Kier molecular flexibility index (Phi) is 3.55. The van der Waals surface area contributed by atoms with E-state index in [9.17, 15) is 9.59 Å². The molecule has 0 bridgehead atoms. The van der Waals surface area contributed by atoms with Crippen LogP contribution < -0.4 is 15.0 Å².